The average molecular weight is 432 g/mol. The van der Waals surface area contributed by atoms with Crippen LogP contribution in [-0.2, 0) is 16.1 Å². The van der Waals surface area contributed by atoms with Crippen LogP contribution in [0.15, 0.2) is 29.3 Å². The van der Waals surface area contributed by atoms with E-state index in [1.807, 2.05) is 24.0 Å². The van der Waals surface area contributed by atoms with Gasteiger partial charge in [0.15, 0.2) is 5.96 Å². The molecule has 2 aliphatic rings. The van der Waals surface area contributed by atoms with E-state index in [1.54, 1.807) is 0 Å². The molecule has 0 bridgehead atoms. The lowest BCUT2D eigenvalue weighted by molar-refractivity contribution is -0.129. The Labute approximate surface area is 186 Å². The highest BCUT2D eigenvalue weighted by atomic mass is 16.5. The van der Waals surface area contributed by atoms with Crippen LogP contribution in [0.4, 0.5) is 0 Å². The maximum absolute atomic E-state index is 11.9. The standard InChI is InChI=1S/C23H37N5O3/c1-3-22(29)28-9-8-20(18-28)26-23(24-4-2)25-17-19-6-5-7-21(16-19)31-15-12-27-10-13-30-14-11-27/h5-7,16,20H,3-4,8-15,17-18H2,1-2H3,(H2,24,25,26). The van der Waals surface area contributed by atoms with E-state index in [0.717, 1.165) is 76.2 Å². The van der Waals surface area contributed by atoms with E-state index >= 15 is 0 Å². The van der Waals surface area contributed by atoms with Crippen molar-refractivity contribution >= 4 is 11.9 Å². The number of nitrogens with one attached hydrogen (secondary N) is 2. The zero-order valence-corrected chi connectivity index (χ0v) is 18.9. The molecule has 0 spiro atoms. The lowest BCUT2D eigenvalue weighted by Crippen LogP contribution is -2.45. The van der Waals surface area contributed by atoms with E-state index in [2.05, 4.69) is 34.6 Å². The minimum absolute atomic E-state index is 0.219. The minimum Gasteiger partial charge on any atom is -0.492 e. The predicted molar refractivity (Wildman–Crippen MR) is 122 cm³/mol. The molecule has 8 heteroatoms. The smallest absolute Gasteiger partial charge is 0.222 e. The highest BCUT2D eigenvalue weighted by Crippen LogP contribution is 2.15. The Bertz CT molecular complexity index is 721. The van der Waals surface area contributed by atoms with E-state index in [1.165, 1.54) is 0 Å². The zero-order chi connectivity index (χ0) is 21.9. The highest BCUT2D eigenvalue weighted by molar-refractivity contribution is 5.80. The normalized spacial score (nSPS) is 20.0. The molecule has 1 amide bonds. The summed E-state index contributed by atoms with van der Waals surface area (Å²) < 4.78 is 11.3. The van der Waals surface area contributed by atoms with Crippen LogP contribution >= 0.6 is 0 Å². The van der Waals surface area contributed by atoms with Crippen molar-refractivity contribution in [1.29, 1.82) is 0 Å². The Morgan fingerprint density at radius 3 is 2.87 bits per heavy atom. The summed E-state index contributed by atoms with van der Waals surface area (Å²) in [6.45, 7) is 12.0. The van der Waals surface area contributed by atoms with Crippen LogP contribution in [0.1, 0.15) is 32.3 Å². The summed E-state index contributed by atoms with van der Waals surface area (Å²) in [5.41, 5.74) is 1.11. The van der Waals surface area contributed by atoms with Crippen LogP contribution in [0.3, 0.4) is 0 Å². The number of morpholine rings is 1. The molecule has 172 valence electrons. The summed E-state index contributed by atoms with van der Waals surface area (Å²) in [6.07, 6.45) is 1.51. The first-order chi connectivity index (χ1) is 15.2. The second kappa shape index (κ2) is 12.5. The lowest BCUT2D eigenvalue weighted by atomic mass is 10.2. The third-order valence-electron chi connectivity index (χ3n) is 5.63. The van der Waals surface area contributed by atoms with Crippen LogP contribution in [0, 0.1) is 0 Å². The van der Waals surface area contributed by atoms with Gasteiger partial charge in [0.05, 0.1) is 19.8 Å². The molecule has 0 aromatic heterocycles. The summed E-state index contributed by atoms with van der Waals surface area (Å²) in [7, 11) is 0. The minimum atomic E-state index is 0.219. The van der Waals surface area contributed by atoms with Crippen molar-refractivity contribution in [1.82, 2.24) is 20.4 Å². The maximum atomic E-state index is 11.9. The number of carbonyl (C=O) groups is 1. The van der Waals surface area contributed by atoms with Gasteiger partial charge in [-0.1, -0.05) is 19.1 Å². The van der Waals surface area contributed by atoms with Crippen molar-refractivity contribution in [3.05, 3.63) is 29.8 Å². The quantitative estimate of drug-likeness (QED) is 0.455. The molecule has 2 saturated heterocycles. The van der Waals surface area contributed by atoms with E-state index in [0.29, 0.717) is 19.6 Å². The monoisotopic (exact) mass is 431 g/mol. The highest BCUT2D eigenvalue weighted by Gasteiger charge is 2.25. The van der Waals surface area contributed by atoms with Crippen molar-refractivity contribution in [3.8, 4) is 5.75 Å². The van der Waals surface area contributed by atoms with E-state index in [4.69, 9.17) is 14.5 Å². The lowest BCUT2D eigenvalue weighted by Gasteiger charge is -2.26. The number of ether oxygens (including phenoxy) is 2. The third kappa shape index (κ3) is 7.70. The van der Waals surface area contributed by atoms with Crippen molar-refractivity contribution in [2.75, 3.05) is 59.1 Å². The number of rotatable bonds is 9. The molecule has 2 fully saturated rings. The first kappa shape index (κ1) is 23.3. The van der Waals surface area contributed by atoms with Gasteiger partial charge in [0, 0.05) is 51.7 Å². The third-order valence-corrected chi connectivity index (χ3v) is 5.63. The van der Waals surface area contributed by atoms with Crippen LogP contribution in [0.25, 0.3) is 0 Å². The van der Waals surface area contributed by atoms with Gasteiger partial charge in [-0.25, -0.2) is 4.99 Å². The summed E-state index contributed by atoms with van der Waals surface area (Å²) in [4.78, 5) is 21.0. The Balaban J connectivity index is 1.48. The van der Waals surface area contributed by atoms with E-state index in [-0.39, 0.29) is 11.9 Å². The van der Waals surface area contributed by atoms with Gasteiger partial charge in [-0.15, -0.1) is 0 Å². The van der Waals surface area contributed by atoms with Gasteiger partial charge in [-0.2, -0.15) is 0 Å². The molecule has 3 rings (SSSR count). The molecule has 1 aromatic rings. The maximum Gasteiger partial charge on any atom is 0.222 e. The first-order valence-electron chi connectivity index (χ1n) is 11.5. The fourth-order valence-electron chi connectivity index (χ4n) is 3.86. The number of hydrogen-bond acceptors (Lipinski definition) is 5. The Kier molecular flexibility index (Phi) is 9.42. The number of likely N-dealkylation sites (tertiary alicyclic amines) is 1. The van der Waals surface area contributed by atoms with Crippen molar-refractivity contribution < 1.29 is 14.3 Å². The van der Waals surface area contributed by atoms with Crippen molar-refractivity contribution in [2.24, 2.45) is 4.99 Å². The zero-order valence-electron chi connectivity index (χ0n) is 18.9. The number of amides is 1. The fourth-order valence-corrected chi connectivity index (χ4v) is 3.86. The van der Waals surface area contributed by atoms with E-state index < -0.39 is 0 Å². The molecule has 0 radical (unpaired) electrons. The molecule has 1 unspecified atom stereocenters. The summed E-state index contributed by atoms with van der Waals surface area (Å²) in [6, 6.07) is 8.37. The number of carbonyl (C=O) groups excluding carboxylic acids is 1. The summed E-state index contributed by atoms with van der Waals surface area (Å²) >= 11 is 0. The Morgan fingerprint density at radius 2 is 2.10 bits per heavy atom. The summed E-state index contributed by atoms with van der Waals surface area (Å²) in [5.74, 6) is 1.89. The van der Waals surface area contributed by atoms with Gasteiger partial charge < -0.3 is 25.0 Å². The summed E-state index contributed by atoms with van der Waals surface area (Å²) in [5, 5.41) is 6.79. The number of guanidine groups is 1. The van der Waals surface area contributed by atoms with Gasteiger partial charge in [-0.3, -0.25) is 9.69 Å². The molecule has 2 heterocycles. The Hall–Kier alpha value is -2.32. The van der Waals surface area contributed by atoms with Crippen LogP contribution in [0.5, 0.6) is 5.75 Å². The molecule has 2 aliphatic heterocycles. The number of hydrogen-bond donors (Lipinski definition) is 2. The molecule has 1 atom stereocenters. The number of nitrogens with zero attached hydrogens (tertiary/aromatic N) is 3. The molecular formula is C23H37N5O3. The van der Waals surface area contributed by atoms with Crippen LogP contribution in [0.2, 0.25) is 0 Å². The fraction of sp³-hybridized carbons (Fsp3) is 0.652. The molecule has 8 nitrogen and oxygen atoms in total. The Morgan fingerprint density at radius 1 is 1.26 bits per heavy atom. The van der Waals surface area contributed by atoms with Gasteiger partial charge in [0.25, 0.3) is 0 Å². The van der Waals surface area contributed by atoms with Crippen LogP contribution in [-0.4, -0.2) is 86.8 Å². The first-order valence-corrected chi connectivity index (χ1v) is 11.5. The molecule has 0 aliphatic carbocycles. The predicted octanol–water partition coefficient (Wildman–Crippen LogP) is 1.46. The topological polar surface area (TPSA) is 78.4 Å². The molecular weight excluding hydrogens is 394 g/mol. The largest absolute Gasteiger partial charge is 0.492 e. The SMILES string of the molecule is CCNC(=NCc1cccc(OCCN2CCOCC2)c1)NC1CCN(C(=O)CC)C1. The second-order valence-corrected chi connectivity index (χ2v) is 7.97. The molecule has 31 heavy (non-hydrogen) atoms. The average Bonchev–Trinajstić information content (AvgIpc) is 3.27. The molecule has 2 N–H and O–H groups in total. The van der Waals surface area contributed by atoms with Crippen molar-refractivity contribution in [3.63, 3.8) is 0 Å². The number of benzene rings is 1. The molecule has 0 saturated carbocycles. The van der Waals surface area contributed by atoms with Gasteiger partial charge >= 0.3 is 0 Å². The van der Waals surface area contributed by atoms with E-state index in [9.17, 15) is 4.79 Å². The molecule has 1 aromatic carbocycles. The van der Waals surface area contributed by atoms with Gasteiger partial charge in [0.1, 0.15) is 12.4 Å². The second-order valence-electron chi connectivity index (χ2n) is 7.97. The van der Waals surface area contributed by atoms with Gasteiger partial charge in [-0.05, 0) is 31.0 Å². The van der Waals surface area contributed by atoms with Crippen molar-refractivity contribution in [2.45, 2.75) is 39.3 Å². The van der Waals surface area contributed by atoms with Crippen LogP contribution < -0.4 is 15.4 Å². The van der Waals surface area contributed by atoms with Gasteiger partial charge in [0.2, 0.25) is 5.91 Å². The number of aliphatic imine (C=N–C) groups is 1.